The van der Waals surface area contributed by atoms with E-state index in [2.05, 4.69) is 20.6 Å². The molecule has 2 amide bonds. The summed E-state index contributed by atoms with van der Waals surface area (Å²) in [6, 6.07) is 2.97. The second-order valence-electron chi connectivity index (χ2n) is 5.98. The van der Waals surface area contributed by atoms with Crippen LogP contribution in [-0.2, 0) is 4.79 Å². The Hall–Kier alpha value is -1.93. The van der Waals surface area contributed by atoms with Crippen LogP contribution in [0.3, 0.4) is 0 Å². The lowest BCUT2D eigenvalue weighted by atomic mass is 9.96. The number of nitrogens with one attached hydrogen (secondary N) is 2. The number of rotatable bonds is 6. The van der Waals surface area contributed by atoms with Crippen molar-refractivity contribution in [1.82, 2.24) is 9.97 Å². The van der Waals surface area contributed by atoms with E-state index in [1.807, 2.05) is 6.92 Å². The van der Waals surface area contributed by atoms with E-state index in [1.54, 1.807) is 6.92 Å². The van der Waals surface area contributed by atoms with E-state index in [4.69, 9.17) is 28.9 Å². The van der Waals surface area contributed by atoms with Crippen molar-refractivity contribution in [2.24, 2.45) is 5.73 Å². The molecule has 0 aliphatic carbocycles. The Bertz CT molecular complexity index is 792. The van der Waals surface area contributed by atoms with Gasteiger partial charge in [-0.3, -0.25) is 14.6 Å². The van der Waals surface area contributed by atoms with Crippen LogP contribution in [-0.4, -0.2) is 27.3 Å². The molecule has 0 aliphatic rings. The fraction of sp³-hybridized carbons (Fsp3) is 0.294. The molecule has 1 unspecified atom stereocenters. The zero-order valence-electron chi connectivity index (χ0n) is 14.8. The standard InChI is InChI=1S/C17H19Cl2N5O2.ClH/c1-3-4-17(2,20)16(26)23-10-7-11(18)14(12(19)8-10)24-15(25)13-9-21-5-6-22-13;/h5-9H,3-4,20H2,1-2H3,(H,23,26)(H,24,25);1H. The van der Waals surface area contributed by atoms with Gasteiger partial charge in [-0.05, 0) is 25.5 Å². The number of amides is 2. The Kier molecular flexibility index (Phi) is 8.43. The molecule has 1 atom stereocenters. The van der Waals surface area contributed by atoms with Crippen LogP contribution in [0.5, 0.6) is 0 Å². The summed E-state index contributed by atoms with van der Waals surface area (Å²) >= 11 is 12.4. The van der Waals surface area contributed by atoms with Crippen molar-refractivity contribution in [3.05, 3.63) is 46.5 Å². The molecular weight excluding hydrogens is 413 g/mol. The van der Waals surface area contributed by atoms with Crippen molar-refractivity contribution in [2.75, 3.05) is 10.6 Å². The molecule has 7 nitrogen and oxygen atoms in total. The van der Waals surface area contributed by atoms with Gasteiger partial charge in [-0.1, -0.05) is 36.5 Å². The van der Waals surface area contributed by atoms with Crippen LogP contribution in [0.2, 0.25) is 10.0 Å². The third-order valence-corrected chi connectivity index (χ3v) is 4.22. The van der Waals surface area contributed by atoms with Gasteiger partial charge >= 0.3 is 0 Å². The van der Waals surface area contributed by atoms with E-state index >= 15 is 0 Å². The largest absolute Gasteiger partial charge is 0.324 e. The molecule has 0 spiro atoms. The molecule has 1 aromatic heterocycles. The third kappa shape index (κ3) is 6.04. The van der Waals surface area contributed by atoms with Crippen molar-refractivity contribution >= 4 is 58.8 Å². The lowest BCUT2D eigenvalue weighted by molar-refractivity contribution is -0.120. The van der Waals surface area contributed by atoms with Crippen LogP contribution >= 0.6 is 35.6 Å². The van der Waals surface area contributed by atoms with Crippen molar-refractivity contribution in [2.45, 2.75) is 32.2 Å². The van der Waals surface area contributed by atoms with Gasteiger partial charge in [0, 0.05) is 18.1 Å². The van der Waals surface area contributed by atoms with Gasteiger partial charge in [0.2, 0.25) is 5.91 Å². The number of anilines is 2. The molecule has 0 fully saturated rings. The van der Waals surface area contributed by atoms with E-state index in [9.17, 15) is 9.59 Å². The number of benzene rings is 1. The maximum Gasteiger partial charge on any atom is 0.275 e. The summed E-state index contributed by atoms with van der Waals surface area (Å²) in [5.74, 6) is -0.848. The number of aromatic nitrogens is 2. The average Bonchev–Trinajstić information content (AvgIpc) is 2.58. The number of carbonyl (C=O) groups is 2. The summed E-state index contributed by atoms with van der Waals surface area (Å²) in [7, 11) is 0. The van der Waals surface area contributed by atoms with Gasteiger partial charge in [0.05, 0.1) is 27.5 Å². The fourth-order valence-corrected chi connectivity index (χ4v) is 2.85. The monoisotopic (exact) mass is 431 g/mol. The number of nitrogens with zero attached hydrogens (tertiary/aromatic N) is 2. The topological polar surface area (TPSA) is 110 Å². The molecule has 146 valence electrons. The highest BCUT2D eigenvalue weighted by Gasteiger charge is 2.27. The Morgan fingerprint density at radius 2 is 1.81 bits per heavy atom. The third-order valence-electron chi connectivity index (χ3n) is 3.62. The average molecular weight is 433 g/mol. The van der Waals surface area contributed by atoms with Gasteiger partial charge in [0.15, 0.2) is 0 Å². The minimum absolute atomic E-state index is 0. The first-order valence-corrected chi connectivity index (χ1v) is 8.67. The van der Waals surface area contributed by atoms with E-state index in [0.717, 1.165) is 6.42 Å². The molecule has 2 aromatic rings. The molecule has 4 N–H and O–H groups in total. The molecule has 1 heterocycles. The number of hydrogen-bond acceptors (Lipinski definition) is 5. The first-order valence-electron chi connectivity index (χ1n) is 7.91. The van der Waals surface area contributed by atoms with E-state index in [1.165, 1.54) is 30.7 Å². The second kappa shape index (κ2) is 9.85. The summed E-state index contributed by atoms with van der Waals surface area (Å²) in [4.78, 5) is 32.2. The number of carbonyl (C=O) groups excluding carboxylic acids is 2. The van der Waals surface area contributed by atoms with Crippen LogP contribution in [0, 0.1) is 0 Å². The Labute approximate surface area is 173 Å². The van der Waals surface area contributed by atoms with Crippen LogP contribution < -0.4 is 16.4 Å². The summed E-state index contributed by atoms with van der Waals surface area (Å²) in [6.07, 6.45) is 5.48. The van der Waals surface area contributed by atoms with Crippen molar-refractivity contribution < 1.29 is 9.59 Å². The van der Waals surface area contributed by atoms with Gasteiger partial charge in [-0.2, -0.15) is 0 Å². The molecule has 0 saturated heterocycles. The van der Waals surface area contributed by atoms with Crippen LogP contribution in [0.25, 0.3) is 0 Å². The van der Waals surface area contributed by atoms with Crippen LogP contribution in [0.15, 0.2) is 30.7 Å². The molecule has 2 rings (SSSR count). The highest BCUT2D eigenvalue weighted by Crippen LogP contribution is 2.34. The number of nitrogens with two attached hydrogens (primary N) is 1. The Morgan fingerprint density at radius 3 is 2.33 bits per heavy atom. The fourth-order valence-electron chi connectivity index (χ4n) is 2.27. The van der Waals surface area contributed by atoms with Gasteiger partial charge in [0.1, 0.15) is 5.69 Å². The SMILES string of the molecule is CCCC(C)(N)C(=O)Nc1cc(Cl)c(NC(=O)c2cnccn2)c(Cl)c1.Cl. The Morgan fingerprint density at radius 1 is 1.19 bits per heavy atom. The minimum atomic E-state index is -1.01. The molecular formula is C17H20Cl3N5O2. The first kappa shape index (κ1) is 23.1. The summed E-state index contributed by atoms with van der Waals surface area (Å²) in [5, 5.41) is 5.61. The van der Waals surface area contributed by atoms with Gasteiger partial charge in [0.25, 0.3) is 5.91 Å². The van der Waals surface area contributed by atoms with Crippen molar-refractivity contribution in [1.29, 1.82) is 0 Å². The van der Waals surface area contributed by atoms with Crippen LogP contribution in [0.1, 0.15) is 37.2 Å². The summed E-state index contributed by atoms with van der Waals surface area (Å²) < 4.78 is 0. The molecule has 1 aromatic carbocycles. The minimum Gasteiger partial charge on any atom is -0.324 e. The highest BCUT2D eigenvalue weighted by molar-refractivity contribution is 6.40. The number of hydrogen-bond donors (Lipinski definition) is 3. The lowest BCUT2D eigenvalue weighted by Crippen LogP contribution is -2.48. The van der Waals surface area contributed by atoms with Gasteiger partial charge in [-0.15, -0.1) is 12.4 Å². The summed E-state index contributed by atoms with van der Waals surface area (Å²) in [5.41, 5.74) is 5.72. The quantitative estimate of drug-likeness (QED) is 0.641. The van der Waals surface area contributed by atoms with E-state index in [-0.39, 0.29) is 39.7 Å². The summed E-state index contributed by atoms with van der Waals surface area (Å²) in [6.45, 7) is 3.60. The van der Waals surface area contributed by atoms with Crippen LogP contribution in [0.4, 0.5) is 11.4 Å². The number of halogens is 3. The molecule has 0 saturated carbocycles. The van der Waals surface area contributed by atoms with Crippen molar-refractivity contribution in [3.63, 3.8) is 0 Å². The normalized spacial score (nSPS) is 12.5. The molecule has 27 heavy (non-hydrogen) atoms. The highest BCUT2D eigenvalue weighted by atomic mass is 35.5. The predicted octanol–water partition coefficient (Wildman–Crippen LogP) is 3.91. The maximum absolute atomic E-state index is 12.3. The predicted molar refractivity (Wildman–Crippen MR) is 110 cm³/mol. The smallest absolute Gasteiger partial charge is 0.275 e. The van der Waals surface area contributed by atoms with Gasteiger partial charge in [-0.25, -0.2) is 4.98 Å². The zero-order valence-corrected chi connectivity index (χ0v) is 17.1. The molecule has 0 radical (unpaired) electrons. The van der Waals surface area contributed by atoms with Crippen molar-refractivity contribution in [3.8, 4) is 0 Å². The van der Waals surface area contributed by atoms with Gasteiger partial charge < -0.3 is 16.4 Å². The van der Waals surface area contributed by atoms with E-state index < -0.39 is 11.4 Å². The molecule has 0 aliphatic heterocycles. The van der Waals surface area contributed by atoms with E-state index in [0.29, 0.717) is 12.1 Å². The molecule has 10 heteroatoms. The molecule has 0 bridgehead atoms. The zero-order chi connectivity index (χ0) is 19.3. The first-order chi connectivity index (χ1) is 12.2. The lowest BCUT2D eigenvalue weighted by Gasteiger charge is -2.23. The maximum atomic E-state index is 12.3. The second-order valence-corrected chi connectivity index (χ2v) is 6.80. The Balaban J connectivity index is 0.00000364.